The zero-order valence-corrected chi connectivity index (χ0v) is 11.8. The number of rotatable bonds is 5. The Hall–Kier alpha value is -1.16. The molecule has 1 N–H and O–H groups in total. The molecule has 1 aliphatic rings. The first-order valence-electron chi connectivity index (χ1n) is 7.34. The van der Waals surface area contributed by atoms with Gasteiger partial charge in [0.25, 0.3) is 0 Å². The Labute approximate surface area is 118 Å². The van der Waals surface area contributed by atoms with Crippen LogP contribution in [0.1, 0.15) is 50.7 Å². The van der Waals surface area contributed by atoms with Crippen LogP contribution in [-0.4, -0.2) is 11.7 Å². The van der Waals surface area contributed by atoms with E-state index in [1.807, 2.05) is 0 Å². The van der Waals surface area contributed by atoms with Crippen LogP contribution in [0.3, 0.4) is 0 Å². The second-order valence-corrected chi connectivity index (χ2v) is 5.51. The molecule has 1 fully saturated rings. The number of benzene rings is 1. The fraction of sp³-hybridized carbons (Fsp3) is 0.625. The average molecular weight is 284 g/mol. The summed E-state index contributed by atoms with van der Waals surface area (Å²) >= 11 is 0. The Kier molecular flexibility index (Phi) is 5.35. The first-order chi connectivity index (χ1) is 9.61. The van der Waals surface area contributed by atoms with Crippen LogP contribution >= 0.6 is 0 Å². The van der Waals surface area contributed by atoms with E-state index in [1.54, 1.807) is 12.1 Å². The van der Waals surface area contributed by atoms with Crippen LogP contribution in [0, 0.1) is 11.8 Å². The highest BCUT2D eigenvalue weighted by Gasteiger charge is 2.30. The van der Waals surface area contributed by atoms with Gasteiger partial charge in [-0.15, -0.1) is 0 Å². The van der Waals surface area contributed by atoms with Crippen LogP contribution in [0.5, 0.6) is 5.75 Å². The minimum atomic E-state index is -2.83. The Bertz CT molecular complexity index is 423. The highest BCUT2D eigenvalue weighted by atomic mass is 19.3. The lowest BCUT2D eigenvalue weighted by atomic mass is 9.73. The minimum absolute atomic E-state index is 0.111. The van der Waals surface area contributed by atoms with Crippen LogP contribution in [0.2, 0.25) is 0 Å². The summed E-state index contributed by atoms with van der Waals surface area (Å²) < 4.78 is 28.9. The molecule has 1 aliphatic carbocycles. The summed E-state index contributed by atoms with van der Waals surface area (Å²) in [6.45, 7) is -0.688. The van der Waals surface area contributed by atoms with Gasteiger partial charge in [0.15, 0.2) is 0 Å². The second-order valence-electron chi connectivity index (χ2n) is 5.51. The molecular weight excluding hydrogens is 262 g/mol. The molecule has 0 amide bonds. The number of ether oxygens (including phenoxy) is 1. The van der Waals surface area contributed by atoms with E-state index in [0.717, 1.165) is 25.7 Å². The molecule has 3 atom stereocenters. The van der Waals surface area contributed by atoms with Crippen molar-refractivity contribution in [2.45, 2.75) is 51.7 Å². The third-order valence-corrected chi connectivity index (χ3v) is 4.32. The molecule has 4 heteroatoms. The Morgan fingerprint density at radius 2 is 2.05 bits per heavy atom. The van der Waals surface area contributed by atoms with Crippen molar-refractivity contribution in [2.75, 3.05) is 0 Å². The Morgan fingerprint density at radius 3 is 2.75 bits per heavy atom. The molecule has 2 rings (SSSR count). The lowest BCUT2D eigenvalue weighted by molar-refractivity contribution is -0.0501. The smallest absolute Gasteiger partial charge is 0.387 e. The van der Waals surface area contributed by atoms with Gasteiger partial charge in [0.05, 0.1) is 6.10 Å². The fourth-order valence-electron chi connectivity index (χ4n) is 3.28. The number of aliphatic hydroxyl groups is 1. The van der Waals surface area contributed by atoms with Gasteiger partial charge < -0.3 is 9.84 Å². The van der Waals surface area contributed by atoms with Gasteiger partial charge in [-0.2, -0.15) is 8.78 Å². The van der Waals surface area contributed by atoms with Gasteiger partial charge >= 0.3 is 6.61 Å². The molecular formula is C16H22F2O2. The van der Waals surface area contributed by atoms with Gasteiger partial charge in [0.2, 0.25) is 0 Å². The largest absolute Gasteiger partial charge is 0.435 e. The fourth-order valence-corrected chi connectivity index (χ4v) is 3.28. The van der Waals surface area contributed by atoms with Gasteiger partial charge in [-0.1, -0.05) is 44.7 Å². The van der Waals surface area contributed by atoms with Gasteiger partial charge in [0, 0.05) is 0 Å². The Balaban J connectivity index is 2.12. The van der Waals surface area contributed by atoms with Crippen molar-refractivity contribution in [3.05, 3.63) is 29.8 Å². The molecule has 1 aromatic carbocycles. The van der Waals surface area contributed by atoms with E-state index in [4.69, 9.17) is 0 Å². The first-order valence-corrected chi connectivity index (χ1v) is 7.34. The zero-order valence-electron chi connectivity index (χ0n) is 11.8. The van der Waals surface area contributed by atoms with E-state index in [0.29, 0.717) is 11.5 Å². The van der Waals surface area contributed by atoms with Gasteiger partial charge in [-0.3, -0.25) is 0 Å². The van der Waals surface area contributed by atoms with E-state index >= 15 is 0 Å². The summed E-state index contributed by atoms with van der Waals surface area (Å²) in [5.41, 5.74) is 0.675. The third-order valence-electron chi connectivity index (χ3n) is 4.32. The lowest BCUT2D eigenvalue weighted by Crippen LogP contribution is -2.25. The molecule has 20 heavy (non-hydrogen) atoms. The molecule has 0 saturated heterocycles. The second kappa shape index (κ2) is 7.02. The number of hydrogen-bond acceptors (Lipinski definition) is 2. The molecule has 0 aromatic heterocycles. The highest BCUT2D eigenvalue weighted by molar-refractivity contribution is 5.30. The molecule has 0 aliphatic heterocycles. The number of hydrogen-bond donors (Lipinski definition) is 1. The topological polar surface area (TPSA) is 29.5 Å². The summed E-state index contributed by atoms with van der Waals surface area (Å²) in [5, 5.41) is 10.6. The van der Waals surface area contributed by atoms with Gasteiger partial charge in [-0.05, 0) is 36.0 Å². The number of halogens is 2. The molecule has 0 spiro atoms. The number of alkyl halides is 2. The van der Waals surface area contributed by atoms with E-state index in [1.165, 1.54) is 18.6 Å². The van der Waals surface area contributed by atoms with Crippen molar-refractivity contribution < 1.29 is 18.6 Å². The summed E-state index contributed by atoms with van der Waals surface area (Å²) in [4.78, 5) is 0. The van der Waals surface area contributed by atoms with Crippen LogP contribution in [0.4, 0.5) is 8.78 Å². The molecule has 0 bridgehead atoms. The maximum Gasteiger partial charge on any atom is 0.387 e. The highest BCUT2D eigenvalue weighted by Crippen LogP contribution is 2.40. The third kappa shape index (κ3) is 3.69. The van der Waals surface area contributed by atoms with Crippen molar-refractivity contribution in [3.63, 3.8) is 0 Å². The van der Waals surface area contributed by atoms with E-state index in [2.05, 4.69) is 11.7 Å². The van der Waals surface area contributed by atoms with E-state index in [9.17, 15) is 13.9 Å². The predicted molar refractivity (Wildman–Crippen MR) is 73.8 cm³/mol. The maximum absolute atomic E-state index is 12.2. The average Bonchev–Trinajstić information content (AvgIpc) is 2.46. The minimum Gasteiger partial charge on any atom is -0.435 e. The van der Waals surface area contributed by atoms with Crippen LogP contribution in [0.15, 0.2) is 24.3 Å². The number of aliphatic hydroxyl groups excluding tert-OH is 1. The quantitative estimate of drug-likeness (QED) is 0.860. The van der Waals surface area contributed by atoms with Crippen molar-refractivity contribution in [1.82, 2.24) is 0 Å². The van der Waals surface area contributed by atoms with E-state index in [-0.39, 0.29) is 11.7 Å². The molecule has 1 aromatic rings. The first kappa shape index (κ1) is 15.2. The molecule has 0 radical (unpaired) electrons. The summed E-state index contributed by atoms with van der Waals surface area (Å²) in [7, 11) is 0. The monoisotopic (exact) mass is 284 g/mol. The van der Waals surface area contributed by atoms with Crippen LogP contribution in [0.25, 0.3) is 0 Å². The predicted octanol–water partition coefficient (Wildman–Crippen LogP) is 4.54. The zero-order chi connectivity index (χ0) is 14.5. The Morgan fingerprint density at radius 1 is 1.30 bits per heavy atom. The molecule has 2 nitrogen and oxygen atoms in total. The molecule has 3 unspecified atom stereocenters. The van der Waals surface area contributed by atoms with E-state index < -0.39 is 12.7 Å². The molecule has 112 valence electrons. The molecule has 1 saturated carbocycles. The standard InChI is InChI=1S/C16H22F2O2/c1-2-11-6-3-4-9-14(11)15(19)12-7-5-8-13(10-12)20-16(17)18/h5,7-8,10-11,14-16,19H,2-4,6,9H2,1H3. The normalized spacial score (nSPS) is 24.6. The lowest BCUT2D eigenvalue weighted by Gasteiger charge is -2.34. The summed E-state index contributed by atoms with van der Waals surface area (Å²) in [6.07, 6.45) is 4.95. The maximum atomic E-state index is 12.2. The SMILES string of the molecule is CCC1CCCCC1C(O)c1cccc(OC(F)F)c1. The molecule has 0 heterocycles. The van der Waals surface area contributed by atoms with Crippen molar-refractivity contribution in [1.29, 1.82) is 0 Å². The van der Waals surface area contributed by atoms with Gasteiger partial charge in [-0.25, -0.2) is 0 Å². The van der Waals surface area contributed by atoms with Crippen molar-refractivity contribution in [2.24, 2.45) is 11.8 Å². The van der Waals surface area contributed by atoms with Crippen LogP contribution in [-0.2, 0) is 0 Å². The summed E-state index contributed by atoms with van der Waals surface area (Å²) in [5.74, 6) is 0.842. The van der Waals surface area contributed by atoms with Gasteiger partial charge in [0.1, 0.15) is 5.75 Å². The van der Waals surface area contributed by atoms with Crippen molar-refractivity contribution >= 4 is 0 Å². The summed E-state index contributed by atoms with van der Waals surface area (Å²) in [6, 6.07) is 6.45. The van der Waals surface area contributed by atoms with Crippen LogP contribution < -0.4 is 4.74 Å². The van der Waals surface area contributed by atoms with Crippen molar-refractivity contribution in [3.8, 4) is 5.75 Å².